The molecule has 30 heavy (non-hydrogen) atoms. The van der Waals surface area contributed by atoms with Gasteiger partial charge in [0.1, 0.15) is 11.9 Å². The maximum Gasteiger partial charge on any atom is 0.224 e. The van der Waals surface area contributed by atoms with Crippen molar-refractivity contribution in [3.8, 4) is 0 Å². The van der Waals surface area contributed by atoms with Gasteiger partial charge in [0.15, 0.2) is 5.96 Å². The second kappa shape index (κ2) is 10.7. The van der Waals surface area contributed by atoms with Gasteiger partial charge >= 0.3 is 0 Å². The number of nitrogens with one attached hydrogen (secondary N) is 3. The van der Waals surface area contributed by atoms with Crippen molar-refractivity contribution in [2.24, 2.45) is 4.99 Å². The number of aliphatic hydroxyl groups is 1. The second-order valence-electron chi connectivity index (χ2n) is 6.74. The van der Waals surface area contributed by atoms with Gasteiger partial charge in [0.2, 0.25) is 5.91 Å². The molecule has 6 nitrogen and oxygen atoms in total. The van der Waals surface area contributed by atoms with Crippen LogP contribution in [-0.4, -0.2) is 43.7 Å². The Morgan fingerprint density at radius 3 is 2.67 bits per heavy atom. The van der Waals surface area contributed by atoms with Gasteiger partial charge in [0.05, 0.1) is 6.42 Å². The van der Waals surface area contributed by atoms with Gasteiger partial charge in [-0.2, -0.15) is 0 Å². The van der Waals surface area contributed by atoms with Crippen molar-refractivity contribution >= 4 is 33.3 Å². The van der Waals surface area contributed by atoms with Crippen LogP contribution < -0.4 is 16.0 Å². The fraction of sp³-hybridized carbons (Fsp3) is 0.273. The molecule has 1 atom stereocenters. The number of halogens is 1. The minimum absolute atomic E-state index is 0.131. The molecule has 0 radical (unpaired) electrons. The number of carbonyl (C=O) groups excluding carboxylic acids is 1. The Kier molecular flexibility index (Phi) is 7.75. The number of fused-ring (bicyclic) bond motifs is 1. The van der Waals surface area contributed by atoms with Crippen molar-refractivity contribution < 1.29 is 14.3 Å². The molecule has 8 heteroatoms. The number of rotatable bonds is 8. The van der Waals surface area contributed by atoms with Gasteiger partial charge in [-0.3, -0.25) is 9.79 Å². The van der Waals surface area contributed by atoms with Gasteiger partial charge in [0.25, 0.3) is 0 Å². The predicted octanol–water partition coefficient (Wildman–Crippen LogP) is 2.60. The monoisotopic (exact) mass is 428 g/mol. The van der Waals surface area contributed by atoms with Gasteiger partial charge < -0.3 is 21.1 Å². The number of guanidine groups is 1. The van der Waals surface area contributed by atoms with Gasteiger partial charge in [-0.15, -0.1) is 11.3 Å². The minimum Gasteiger partial charge on any atom is -0.386 e. The lowest BCUT2D eigenvalue weighted by molar-refractivity contribution is -0.120. The van der Waals surface area contributed by atoms with Crippen LogP contribution in [0.2, 0.25) is 0 Å². The van der Waals surface area contributed by atoms with E-state index in [-0.39, 0.29) is 18.1 Å². The van der Waals surface area contributed by atoms with E-state index in [4.69, 9.17) is 0 Å². The van der Waals surface area contributed by atoms with E-state index in [2.05, 4.69) is 20.9 Å². The molecular formula is C22H25FN4O2S. The lowest BCUT2D eigenvalue weighted by Crippen LogP contribution is -2.42. The van der Waals surface area contributed by atoms with Crippen molar-refractivity contribution in [3.05, 3.63) is 70.9 Å². The topological polar surface area (TPSA) is 85.8 Å². The molecule has 0 aliphatic heterocycles. The van der Waals surface area contributed by atoms with E-state index in [9.17, 15) is 14.3 Å². The number of benzene rings is 2. The molecule has 0 fully saturated rings. The molecule has 0 saturated heterocycles. The first-order valence-corrected chi connectivity index (χ1v) is 10.5. The first-order chi connectivity index (χ1) is 14.5. The number of aliphatic imine (C=N–C) groups is 1. The number of aliphatic hydroxyl groups excluding tert-OH is 1. The summed E-state index contributed by atoms with van der Waals surface area (Å²) in [5.41, 5.74) is 0.633. The van der Waals surface area contributed by atoms with Crippen molar-refractivity contribution in [2.45, 2.75) is 12.5 Å². The summed E-state index contributed by atoms with van der Waals surface area (Å²) in [4.78, 5) is 17.0. The highest BCUT2D eigenvalue weighted by molar-refractivity contribution is 7.19. The van der Waals surface area contributed by atoms with E-state index in [0.29, 0.717) is 31.2 Å². The first-order valence-electron chi connectivity index (χ1n) is 9.67. The Balaban J connectivity index is 1.37. The van der Waals surface area contributed by atoms with Gasteiger partial charge in [-0.25, -0.2) is 4.39 Å². The zero-order valence-corrected chi connectivity index (χ0v) is 17.5. The number of nitrogens with zero attached hydrogens (tertiary/aromatic N) is 1. The summed E-state index contributed by atoms with van der Waals surface area (Å²) in [5.74, 6) is 0.00902. The van der Waals surface area contributed by atoms with Crippen molar-refractivity contribution in [1.29, 1.82) is 0 Å². The quantitative estimate of drug-likeness (QED) is 0.252. The molecular weight excluding hydrogens is 403 g/mol. The number of hydrogen-bond acceptors (Lipinski definition) is 4. The lowest BCUT2D eigenvalue weighted by Gasteiger charge is -2.15. The maximum absolute atomic E-state index is 13.2. The van der Waals surface area contributed by atoms with Crippen LogP contribution in [0.1, 0.15) is 16.5 Å². The average molecular weight is 429 g/mol. The van der Waals surface area contributed by atoms with Crippen LogP contribution in [0, 0.1) is 5.82 Å². The summed E-state index contributed by atoms with van der Waals surface area (Å²) >= 11 is 1.57. The van der Waals surface area contributed by atoms with Crippen LogP contribution in [0.4, 0.5) is 4.39 Å². The molecule has 3 rings (SSSR count). The first kappa shape index (κ1) is 21.7. The van der Waals surface area contributed by atoms with Crippen LogP contribution >= 0.6 is 11.3 Å². The normalized spacial score (nSPS) is 12.6. The Morgan fingerprint density at radius 1 is 1.10 bits per heavy atom. The van der Waals surface area contributed by atoms with Gasteiger partial charge in [0, 0.05) is 36.3 Å². The van der Waals surface area contributed by atoms with E-state index < -0.39 is 6.10 Å². The number of hydrogen-bond donors (Lipinski definition) is 4. The molecule has 0 saturated carbocycles. The highest BCUT2D eigenvalue weighted by Gasteiger charge is 2.12. The fourth-order valence-corrected chi connectivity index (χ4v) is 4.01. The molecule has 2 aromatic carbocycles. The molecule has 1 aromatic heterocycles. The third-order valence-electron chi connectivity index (χ3n) is 4.45. The molecule has 1 heterocycles. The number of carbonyl (C=O) groups is 1. The zero-order valence-electron chi connectivity index (χ0n) is 16.7. The molecule has 3 aromatic rings. The van der Waals surface area contributed by atoms with Gasteiger partial charge in [-0.1, -0.05) is 30.3 Å². The van der Waals surface area contributed by atoms with Crippen LogP contribution in [0.5, 0.6) is 0 Å². The largest absolute Gasteiger partial charge is 0.386 e. The van der Waals surface area contributed by atoms with E-state index >= 15 is 0 Å². The van der Waals surface area contributed by atoms with E-state index in [0.717, 1.165) is 15.0 Å². The van der Waals surface area contributed by atoms with E-state index in [1.165, 1.54) is 12.1 Å². The Morgan fingerprint density at radius 2 is 1.90 bits per heavy atom. The Bertz CT molecular complexity index is 988. The zero-order chi connectivity index (χ0) is 21.3. The smallest absolute Gasteiger partial charge is 0.224 e. The predicted molar refractivity (Wildman–Crippen MR) is 119 cm³/mol. The molecule has 0 spiro atoms. The average Bonchev–Trinajstić information content (AvgIpc) is 3.17. The highest BCUT2D eigenvalue weighted by Crippen LogP contribution is 2.29. The standard InChI is InChI=1S/C22H25FN4O2S/c1-24-22(26-10-9-25-21(29)12-15-5-4-7-17(23)11-15)27-14-18(28)20-13-16-6-2-3-8-19(16)30-20/h2-8,11,13,18,28H,9-10,12,14H2,1H3,(H,25,29)(H2,24,26,27). The van der Waals surface area contributed by atoms with Crippen LogP contribution in [0.3, 0.4) is 0 Å². The van der Waals surface area contributed by atoms with E-state index in [1.54, 1.807) is 30.5 Å². The summed E-state index contributed by atoms with van der Waals surface area (Å²) in [6.45, 7) is 1.18. The Labute approximate surface area is 178 Å². The summed E-state index contributed by atoms with van der Waals surface area (Å²) < 4.78 is 14.3. The van der Waals surface area contributed by atoms with Crippen LogP contribution in [0.25, 0.3) is 10.1 Å². The van der Waals surface area contributed by atoms with E-state index in [1.807, 2.05) is 30.3 Å². The maximum atomic E-state index is 13.2. The van der Waals surface area contributed by atoms with Crippen LogP contribution in [0.15, 0.2) is 59.6 Å². The molecule has 0 aliphatic rings. The lowest BCUT2D eigenvalue weighted by atomic mass is 10.1. The van der Waals surface area contributed by atoms with Gasteiger partial charge in [-0.05, 0) is 35.2 Å². The number of thiophene rings is 1. The minimum atomic E-state index is -0.646. The molecule has 158 valence electrons. The molecule has 1 unspecified atom stereocenters. The van der Waals surface area contributed by atoms with Crippen molar-refractivity contribution in [2.75, 3.05) is 26.7 Å². The van der Waals surface area contributed by atoms with Crippen LogP contribution in [-0.2, 0) is 11.2 Å². The molecule has 0 aliphatic carbocycles. The summed E-state index contributed by atoms with van der Waals surface area (Å²) in [7, 11) is 1.64. The number of amides is 1. The highest BCUT2D eigenvalue weighted by atomic mass is 32.1. The summed E-state index contributed by atoms with van der Waals surface area (Å²) in [6.07, 6.45) is -0.515. The second-order valence-corrected chi connectivity index (χ2v) is 7.85. The fourth-order valence-electron chi connectivity index (χ4n) is 2.96. The third-order valence-corrected chi connectivity index (χ3v) is 5.67. The molecule has 1 amide bonds. The molecule has 4 N–H and O–H groups in total. The Hall–Kier alpha value is -2.97. The van der Waals surface area contributed by atoms with Crippen molar-refractivity contribution in [3.63, 3.8) is 0 Å². The third kappa shape index (κ3) is 6.27. The summed E-state index contributed by atoms with van der Waals surface area (Å²) in [5, 5.41) is 20.5. The SMILES string of the molecule is CN=C(NCCNC(=O)Cc1cccc(F)c1)NCC(O)c1cc2ccccc2s1. The van der Waals surface area contributed by atoms with Crippen molar-refractivity contribution in [1.82, 2.24) is 16.0 Å². The summed E-state index contributed by atoms with van der Waals surface area (Å²) in [6, 6.07) is 16.0. The molecule has 0 bridgehead atoms.